The lowest BCUT2D eigenvalue weighted by Gasteiger charge is -2.36. The molecule has 0 amide bonds. The summed E-state index contributed by atoms with van der Waals surface area (Å²) in [6, 6.07) is 16.4. The van der Waals surface area contributed by atoms with Crippen LogP contribution >= 0.6 is 11.6 Å². The summed E-state index contributed by atoms with van der Waals surface area (Å²) >= 11 is 6.03. The Morgan fingerprint density at radius 1 is 1.00 bits per heavy atom. The Labute approximate surface area is 134 Å². The van der Waals surface area contributed by atoms with Crippen LogP contribution in [0.2, 0.25) is 0 Å². The lowest BCUT2D eigenvalue weighted by Crippen LogP contribution is -2.35. The van der Waals surface area contributed by atoms with Crippen LogP contribution in [0.25, 0.3) is 0 Å². The average Bonchev–Trinajstić information content (AvgIpc) is 3.04. The smallest absolute Gasteiger partial charge is 0.202 e. The fourth-order valence-corrected chi connectivity index (χ4v) is 3.27. The van der Waals surface area contributed by atoms with Gasteiger partial charge in [0.1, 0.15) is 5.82 Å². The second-order valence-electron chi connectivity index (χ2n) is 5.31. The number of alkyl halides is 1. The van der Waals surface area contributed by atoms with Gasteiger partial charge in [0, 0.05) is 17.4 Å². The summed E-state index contributed by atoms with van der Waals surface area (Å²) in [5.74, 6) is -0.719. The molecule has 1 aliphatic heterocycles. The molecule has 1 aliphatic rings. The van der Waals surface area contributed by atoms with Crippen molar-refractivity contribution in [2.75, 3.05) is 19.1 Å². The molecule has 0 bridgehead atoms. The number of benzene rings is 2. The van der Waals surface area contributed by atoms with Crippen LogP contribution in [-0.4, -0.2) is 19.1 Å². The van der Waals surface area contributed by atoms with Crippen LogP contribution in [0.4, 0.5) is 4.39 Å². The van der Waals surface area contributed by atoms with Gasteiger partial charge in [-0.1, -0.05) is 42.5 Å². The predicted molar refractivity (Wildman–Crippen MR) is 84.5 cm³/mol. The third-order valence-corrected chi connectivity index (χ3v) is 4.24. The van der Waals surface area contributed by atoms with Gasteiger partial charge in [-0.2, -0.15) is 0 Å². The van der Waals surface area contributed by atoms with Crippen molar-refractivity contribution in [1.29, 1.82) is 0 Å². The summed E-state index contributed by atoms with van der Waals surface area (Å²) in [5, 5.41) is 0. The van der Waals surface area contributed by atoms with Gasteiger partial charge < -0.3 is 9.47 Å². The highest BCUT2D eigenvalue weighted by Gasteiger charge is 2.46. The van der Waals surface area contributed by atoms with E-state index >= 15 is 0 Å². The Morgan fingerprint density at radius 3 is 2.23 bits per heavy atom. The zero-order valence-electron chi connectivity index (χ0n) is 12.2. The average molecular weight is 321 g/mol. The highest BCUT2D eigenvalue weighted by atomic mass is 35.5. The van der Waals surface area contributed by atoms with E-state index in [2.05, 4.69) is 0 Å². The van der Waals surface area contributed by atoms with E-state index in [1.807, 2.05) is 30.3 Å². The van der Waals surface area contributed by atoms with Gasteiger partial charge in [0.2, 0.25) is 5.79 Å². The van der Waals surface area contributed by atoms with Crippen LogP contribution < -0.4 is 0 Å². The Hall–Kier alpha value is -1.42. The Bertz CT molecular complexity index is 594. The van der Waals surface area contributed by atoms with Gasteiger partial charge in [0.15, 0.2) is 0 Å². The van der Waals surface area contributed by atoms with Crippen LogP contribution in [0.1, 0.15) is 23.5 Å². The first-order valence-electron chi connectivity index (χ1n) is 7.41. The number of halogens is 2. The molecule has 1 heterocycles. The van der Waals surface area contributed by atoms with Gasteiger partial charge in [-0.15, -0.1) is 11.6 Å². The van der Waals surface area contributed by atoms with E-state index in [4.69, 9.17) is 21.1 Å². The van der Waals surface area contributed by atoms with E-state index < -0.39 is 5.79 Å². The summed E-state index contributed by atoms with van der Waals surface area (Å²) in [7, 11) is 0. The minimum absolute atomic E-state index is 0.0424. The SMILES string of the molecule is Fc1ccc(C2(C(CCCl)c3ccccc3)OCCO2)cc1. The number of hydrogen-bond donors (Lipinski definition) is 0. The Morgan fingerprint density at radius 2 is 1.64 bits per heavy atom. The first-order valence-corrected chi connectivity index (χ1v) is 7.94. The second-order valence-corrected chi connectivity index (χ2v) is 5.69. The van der Waals surface area contributed by atoms with Crippen LogP contribution in [0.3, 0.4) is 0 Å². The molecule has 2 nitrogen and oxygen atoms in total. The third-order valence-electron chi connectivity index (χ3n) is 4.02. The summed E-state index contributed by atoms with van der Waals surface area (Å²) in [4.78, 5) is 0. The molecule has 22 heavy (non-hydrogen) atoms. The minimum atomic E-state index is -0.899. The Balaban J connectivity index is 2.05. The molecule has 3 rings (SSSR count). The van der Waals surface area contributed by atoms with E-state index in [0.29, 0.717) is 25.5 Å². The maximum atomic E-state index is 13.3. The fourth-order valence-electron chi connectivity index (χ4n) is 3.05. The van der Waals surface area contributed by atoms with E-state index in [9.17, 15) is 4.39 Å². The molecule has 1 unspecified atom stereocenters. The largest absolute Gasteiger partial charge is 0.343 e. The van der Waals surface area contributed by atoms with Gasteiger partial charge in [0.05, 0.1) is 13.2 Å². The highest BCUT2D eigenvalue weighted by molar-refractivity contribution is 6.17. The van der Waals surface area contributed by atoms with Crippen molar-refractivity contribution in [2.45, 2.75) is 18.1 Å². The molecule has 1 saturated heterocycles. The summed E-state index contributed by atoms with van der Waals surface area (Å²) < 4.78 is 25.3. The summed E-state index contributed by atoms with van der Waals surface area (Å²) in [6.45, 7) is 1.03. The van der Waals surface area contributed by atoms with Crippen LogP contribution in [0.15, 0.2) is 54.6 Å². The molecule has 4 heteroatoms. The molecule has 0 saturated carbocycles. The van der Waals surface area contributed by atoms with E-state index in [0.717, 1.165) is 11.1 Å². The van der Waals surface area contributed by atoms with Crippen LogP contribution in [-0.2, 0) is 15.3 Å². The summed E-state index contributed by atoms with van der Waals surface area (Å²) in [5.41, 5.74) is 1.93. The van der Waals surface area contributed by atoms with Gasteiger partial charge in [0.25, 0.3) is 0 Å². The molecule has 0 spiro atoms. The van der Waals surface area contributed by atoms with Gasteiger partial charge in [-0.05, 0) is 24.1 Å². The van der Waals surface area contributed by atoms with Gasteiger partial charge in [-0.3, -0.25) is 0 Å². The topological polar surface area (TPSA) is 18.5 Å². The maximum absolute atomic E-state index is 13.3. The zero-order chi connectivity index (χ0) is 15.4. The first kappa shape index (κ1) is 15.5. The van der Waals surface area contributed by atoms with Gasteiger partial charge >= 0.3 is 0 Å². The molecule has 0 radical (unpaired) electrons. The normalized spacial score (nSPS) is 18.3. The standard InChI is InChI=1S/C18H18ClFO2/c19-11-10-17(14-4-2-1-3-5-14)18(21-12-13-22-18)15-6-8-16(20)9-7-15/h1-9,17H,10-13H2. The van der Waals surface area contributed by atoms with Crippen molar-refractivity contribution < 1.29 is 13.9 Å². The number of hydrogen-bond acceptors (Lipinski definition) is 2. The molecular weight excluding hydrogens is 303 g/mol. The van der Waals surface area contributed by atoms with Crippen molar-refractivity contribution >= 4 is 11.6 Å². The maximum Gasteiger partial charge on any atom is 0.202 e. The van der Waals surface area contributed by atoms with Crippen molar-refractivity contribution in [3.05, 3.63) is 71.5 Å². The zero-order valence-corrected chi connectivity index (χ0v) is 12.9. The number of ether oxygens (including phenoxy) is 2. The van der Waals surface area contributed by atoms with Crippen molar-refractivity contribution in [1.82, 2.24) is 0 Å². The molecule has 0 aromatic heterocycles. The molecule has 2 aromatic carbocycles. The fraction of sp³-hybridized carbons (Fsp3) is 0.333. The van der Waals surface area contributed by atoms with Crippen molar-refractivity contribution in [3.8, 4) is 0 Å². The molecule has 1 atom stereocenters. The van der Waals surface area contributed by atoms with Crippen LogP contribution in [0, 0.1) is 5.82 Å². The van der Waals surface area contributed by atoms with Crippen molar-refractivity contribution in [2.24, 2.45) is 0 Å². The van der Waals surface area contributed by atoms with Gasteiger partial charge in [-0.25, -0.2) is 4.39 Å². The minimum Gasteiger partial charge on any atom is -0.343 e. The van der Waals surface area contributed by atoms with E-state index in [1.165, 1.54) is 12.1 Å². The van der Waals surface area contributed by atoms with Crippen LogP contribution in [0.5, 0.6) is 0 Å². The molecule has 2 aromatic rings. The molecule has 1 fully saturated rings. The van der Waals surface area contributed by atoms with Crippen molar-refractivity contribution in [3.63, 3.8) is 0 Å². The third kappa shape index (κ3) is 2.89. The number of rotatable bonds is 5. The highest BCUT2D eigenvalue weighted by Crippen LogP contribution is 2.46. The molecule has 0 N–H and O–H groups in total. The lowest BCUT2D eigenvalue weighted by atomic mass is 9.83. The lowest BCUT2D eigenvalue weighted by molar-refractivity contribution is -0.185. The molecular formula is C18H18ClFO2. The molecule has 116 valence electrons. The summed E-state index contributed by atoms with van der Waals surface area (Å²) in [6.07, 6.45) is 0.711. The van der Waals surface area contributed by atoms with E-state index in [-0.39, 0.29) is 11.7 Å². The molecule has 0 aliphatic carbocycles. The predicted octanol–water partition coefficient (Wildman–Crippen LogP) is 4.44. The van der Waals surface area contributed by atoms with E-state index in [1.54, 1.807) is 12.1 Å². The second kappa shape index (κ2) is 6.78. The quantitative estimate of drug-likeness (QED) is 0.758. The Kier molecular flexibility index (Phi) is 4.77. The monoisotopic (exact) mass is 320 g/mol. The first-order chi connectivity index (χ1) is 10.8.